The molecule has 164 valence electrons. The molecule has 0 fully saturated rings. The van der Waals surface area contributed by atoms with E-state index >= 15 is 0 Å². The second-order valence-corrected chi connectivity index (χ2v) is 8.83. The Bertz CT molecular complexity index is 1160. The summed E-state index contributed by atoms with van der Waals surface area (Å²) in [5.74, 6) is 0.195. The van der Waals surface area contributed by atoms with Crippen molar-refractivity contribution in [2.75, 3.05) is 6.54 Å². The minimum atomic E-state index is -0.653. The third-order valence-electron chi connectivity index (χ3n) is 6.95. The molecule has 4 aromatic rings. The Hall–Kier alpha value is -3.65. The molecule has 0 radical (unpaired) electrons. The van der Waals surface area contributed by atoms with Crippen LogP contribution in [0.5, 0.6) is 0 Å². The predicted octanol–water partition coefficient (Wildman–Crippen LogP) is 6.70. The molecule has 5 rings (SSSR count). The van der Waals surface area contributed by atoms with Crippen LogP contribution in [-0.2, 0) is 10.2 Å². The summed E-state index contributed by atoms with van der Waals surface area (Å²) in [4.78, 5) is 14.1. The Kier molecular flexibility index (Phi) is 5.83. The van der Waals surface area contributed by atoms with Crippen LogP contribution in [0.3, 0.4) is 0 Å². The standard InChI is InChI=1S/C31H29NO/c1-2-21-31(28-19-11-9-17-25(28)26-18-10-12-20-29(26)31)30(33)32-22-27(23-13-5-3-6-14-23)24-15-7-4-8-16-24/h3-20,27H,2,21-22H2,1H3,(H,32,33). The van der Waals surface area contributed by atoms with E-state index in [-0.39, 0.29) is 11.8 Å². The van der Waals surface area contributed by atoms with Crippen molar-refractivity contribution in [3.05, 3.63) is 131 Å². The second kappa shape index (κ2) is 9.07. The number of carbonyl (C=O) groups is 1. The van der Waals surface area contributed by atoms with Crippen molar-refractivity contribution >= 4 is 5.91 Å². The van der Waals surface area contributed by atoms with E-state index in [9.17, 15) is 4.79 Å². The molecular formula is C31H29NO. The quantitative estimate of drug-likeness (QED) is 0.346. The van der Waals surface area contributed by atoms with Crippen LogP contribution in [0.1, 0.15) is 47.9 Å². The van der Waals surface area contributed by atoms with Gasteiger partial charge >= 0.3 is 0 Å². The first-order valence-corrected chi connectivity index (χ1v) is 11.8. The van der Waals surface area contributed by atoms with E-state index in [0.29, 0.717) is 6.54 Å². The third kappa shape index (κ3) is 3.66. The maximum atomic E-state index is 14.1. The van der Waals surface area contributed by atoms with Gasteiger partial charge in [0.05, 0.1) is 0 Å². The summed E-state index contributed by atoms with van der Waals surface area (Å²) in [6, 6.07) is 37.7. The van der Waals surface area contributed by atoms with Crippen LogP contribution in [0.4, 0.5) is 0 Å². The lowest BCUT2D eigenvalue weighted by Crippen LogP contribution is -2.45. The van der Waals surface area contributed by atoms with E-state index < -0.39 is 5.41 Å². The fourth-order valence-electron chi connectivity index (χ4n) is 5.47. The first-order valence-electron chi connectivity index (χ1n) is 11.8. The zero-order valence-electron chi connectivity index (χ0n) is 19.0. The molecule has 0 aliphatic heterocycles. The fourth-order valence-corrected chi connectivity index (χ4v) is 5.47. The first kappa shape index (κ1) is 21.2. The molecule has 0 saturated carbocycles. The first-order chi connectivity index (χ1) is 16.3. The van der Waals surface area contributed by atoms with Crippen LogP contribution < -0.4 is 5.32 Å². The number of nitrogens with one attached hydrogen (secondary N) is 1. The molecule has 1 aliphatic rings. The van der Waals surface area contributed by atoms with E-state index in [1.54, 1.807) is 0 Å². The molecule has 0 atom stereocenters. The third-order valence-corrected chi connectivity index (χ3v) is 6.95. The lowest BCUT2D eigenvalue weighted by atomic mass is 9.73. The zero-order chi connectivity index (χ0) is 22.7. The molecule has 0 unspecified atom stereocenters. The van der Waals surface area contributed by atoms with Crippen molar-refractivity contribution in [3.63, 3.8) is 0 Å². The van der Waals surface area contributed by atoms with Crippen molar-refractivity contribution in [1.82, 2.24) is 5.32 Å². The molecule has 2 nitrogen and oxygen atoms in total. The zero-order valence-corrected chi connectivity index (χ0v) is 19.0. The molecule has 1 aliphatic carbocycles. The monoisotopic (exact) mass is 431 g/mol. The van der Waals surface area contributed by atoms with E-state index in [1.807, 2.05) is 12.1 Å². The van der Waals surface area contributed by atoms with Gasteiger partial charge in [-0.05, 0) is 39.8 Å². The SMILES string of the molecule is CCCC1(C(=O)NCC(c2ccccc2)c2ccccc2)c2ccccc2-c2ccccc21. The number of hydrogen-bond acceptors (Lipinski definition) is 1. The Labute approximate surface area is 196 Å². The number of amides is 1. The summed E-state index contributed by atoms with van der Waals surface area (Å²) < 4.78 is 0. The minimum Gasteiger partial charge on any atom is -0.354 e. The number of rotatable bonds is 7. The van der Waals surface area contributed by atoms with Gasteiger partial charge in [-0.3, -0.25) is 4.79 Å². The van der Waals surface area contributed by atoms with Gasteiger partial charge in [0, 0.05) is 12.5 Å². The van der Waals surface area contributed by atoms with Gasteiger partial charge in [-0.1, -0.05) is 123 Å². The van der Waals surface area contributed by atoms with Crippen LogP contribution in [0.15, 0.2) is 109 Å². The second-order valence-electron chi connectivity index (χ2n) is 8.83. The van der Waals surface area contributed by atoms with Crippen molar-refractivity contribution in [2.45, 2.75) is 31.1 Å². The Morgan fingerprint density at radius 3 is 1.64 bits per heavy atom. The molecular weight excluding hydrogens is 402 g/mol. The van der Waals surface area contributed by atoms with Crippen LogP contribution in [0, 0.1) is 0 Å². The van der Waals surface area contributed by atoms with Crippen molar-refractivity contribution in [2.24, 2.45) is 0 Å². The number of hydrogen-bond donors (Lipinski definition) is 1. The number of benzene rings is 4. The summed E-state index contributed by atoms with van der Waals surface area (Å²) in [6.45, 7) is 2.72. The van der Waals surface area contributed by atoms with Gasteiger partial charge in [0.15, 0.2) is 0 Å². The molecule has 0 bridgehead atoms. The summed E-state index contributed by atoms with van der Waals surface area (Å²) in [7, 11) is 0. The van der Waals surface area contributed by atoms with Gasteiger partial charge in [0.1, 0.15) is 5.41 Å². The average molecular weight is 432 g/mol. The molecule has 0 aromatic heterocycles. The smallest absolute Gasteiger partial charge is 0.235 e. The maximum Gasteiger partial charge on any atom is 0.235 e. The molecule has 0 saturated heterocycles. The topological polar surface area (TPSA) is 29.1 Å². The molecule has 33 heavy (non-hydrogen) atoms. The normalized spacial score (nSPS) is 13.4. The highest BCUT2D eigenvalue weighted by Crippen LogP contribution is 2.51. The summed E-state index contributed by atoms with van der Waals surface area (Å²) >= 11 is 0. The highest BCUT2D eigenvalue weighted by molar-refractivity contribution is 6.00. The summed E-state index contributed by atoms with van der Waals surface area (Å²) in [5.41, 5.74) is 6.38. The molecule has 4 aromatic carbocycles. The van der Waals surface area contributed by atoms with E-state index in [1.165, 1.54) is 22.3 Å². The van der Waals surface area contributed by atoms with Crippen molar-refractivity contribution in [1.29, 1.82) is 0 Å². The van der Waals surface area contributed by atoms with Gasteiger partial charge < -0.3 is 5.32 Å². The largest absolute Gasteiger partial charge is 0.354 e. The number of fused-ring (bicyclic) bond motifs is 3. The van der Waals surface area contributed by atoms with Gasteiger partial charge in [0.2, 0.25) is 5.91 Å². The van der Waals surface area contributed by atoms with Gasteiger partial charge in [-0.25, -0.2) is 0 Å². The molecule has 1 amide bonds. The number of carbonyl (C=O) groups excluding carboxylic acids is 1. The minimum absolute atomic E-state index is 0.0959. The average Bonchev–Trinajstić information content (AvgIpc) is 3.17. The van der Waals surface area contributed by atoms with Crippen LogP contribution in [0.2, 0.25) is 0 Å². The van der Waals surface area contributed by atoms with Crippen molar-refractivity contribution < 1.29 is 4.79 Å². The van der Waals surface area contributed by atoms with Gasteiger partial charge in [-0.2, -0.15) is 0 Å². The summed E-state index contributed by atoms with van der Waals surface area (Å²) in [5, 5.41) is 3.39. The highest BCUT2D eigenvalue weighted by Gasteiger charge is 2.48. The predicted molar refractivity (Wildman–Crippen MR) is 135 cm³/mol. The molecule has 1 N–H and O–H groups in total. The summed E-state index contributed by atoms with van der Waals surface area (Å²) in [6.07, 6.45) is 1.71. The van der Waals surface area contributed by atoms with E-state index in [4.69, 9.17) is 0 Å². The van der Waals surface area contributed by atoms with Gasteiger partial charge in [0.25, 0.3) is 0 Å². The van der Waals surface area contributed by atoms with E-state index in [0.717, 1.165) is 24.0 Å². The van der Waals surface area contributed by atoms with Crippen LogP contribution >= 0.6 is 0 Å². The molecule has 2 heteroatoms. The molecule has 0 spiro atoms. The van der Waals surface area contributed by atoms with Crippen molar-refractivity contribution in [3.8, 4) is 11.1 Å². The Morgan fingerprint density at radius 1 is 0.697 bits per heavy atom. The maximum absolute atomic E-state index is 14.1. The lowest BCUT2D eigenvalue weighted by molar-refractivity contribution is -0.125. The Balaban J connectivity index is 1.53. The fraction of sp³-hybridized carbons (Fsp3) is 0.194. The Morgan fingerprint density at radius 2 is 1.15 bits per heavy atom. The molecule has 0 heterocycles. The van der Waals surface area contributed by atoms with Crippen LogP contribution in [0.25, 0.3) is 11.1 Å². The van der Waals surface area contributed by atoms with E-state index in [2.05, 4.69) is 109 Å². The highest BCUT2D eigenvalue weighted by atomic mass is 16.2. The lowest BCUT2D eigenvalue weighted by Gasteiger charge is -2.31. The van der Waals surface area contributed by atoms with Crippen LogP contribution in [-0.4, -0.2) is 12.5 Å². The van der Waals surface area contributed by atoms with Gasteiger partial charge in [-0.15, -0.1) is 0 Å².